The molecule has 0 fully saturated rings. The van der Waals surface area contributed by atoms with Gasteiger partial charge in [0, 0.05) is 10.9 Å². The van der Waals surface area contributed by atoms with Crippen LogP contribution in [0.25, 0.3) is 0 Å². The number of nitrogens with one attached hydrogen (secondary N) is 1. The van der Waals surface area contributed by atoms with Crippen molar-refractivity contribution in [1.82, 2.24) is 5.32 Å². The molecular formula is C12H17BrN2O. The van der Waals surface area contributed by atoms with Gasteiger partial charge in [0.05, 0.1) is 6.04 Å². The van der Waals surface area contributed by atoms with Crippen LogP contribution in [0, 0.1) is 0 Å². The van der Waals surface area contributed by atoms with E-state index in [1.54, 1.807) is 0 Å². The highest BCUT2D eigenvalue weighted by Gasteiger charge is 2.11. The fraction of sp³-hybridized carbons (Fsp3) is 0.417. The number of benzene rings is 1. The van der Waals surface area contributed by atoms with Crippen molar-refractivity contribution in [1.29, 1.82) is 0 Å². The molecular weight excluding hydrogens is 268 g/mol. The SMILES string of the molecule is CC(NC(=O)CCCN)c1ccccc1Br. The summed E-state index contributed by atoms with van der Waals surface area (Å²) in [7, 11) is 0. The van der Waals surface area contributed by atoms with Crippen LogP contribution in [-0.2, 0) is 4.79 Å². The summed E-state index contributed by atoms with van der Waals surface area (Å²) in [6.07, 6.45) is 1.22. The molecule has 0 heterocycles. The predicted octanol–water partition coefficient (Wildman–Crippen LogP) is 2.37. The Morgan fingerprint density at radius 1 is 1.50 bits per heavy atom. The van der Waals surface area contributed by atoms with Gasteiger partial charge >= 0.3 is 0 Å². The molecule has 0 aliphatic carbocycles. The zero-order valence-corrected chi connectivity index (χ0v) is 11.0. The van der Waals surface area contributed by atoms with Crippen molar-refractivity contribution < 1.29 is 4.79 Å². The van der Waals surface area contributed by atoms with Gasteiger partial charge in [-0.1, -0.05) is 34.1 Å². The Balaban J connectivity index is 2.55. The van der Waals surface area contributed by atoms with Crippen molar-refractivity contribution in [3.8, 4) is 0 Å². The van der Waals surface area contributed by atoms with E-state index in [1.165, 1.54) is 0 Å². The summed E-state index contributed by atoms with van der Waals surface area (Å²) < 4.78 is 1.02. The Labute approximate surface area is 105 Å². The molecule has 0 bridgehead atoms. The second kappa shape index (κ2) is 6.66. The van der Waals surface area contributed by atoms with Crippen molar-refractivity contribution in [2.75, 3.05) is 6.54 Å². The van der Waals surface area contributed by atoms with E-state index in [1.807, 2.05) is 31.2 Å². The molecule has 1 rings (SSSR count). The summed E-state index contributed by atoms with van der Waals surface area (Å²) >= 11 is 3.47. The molecule has 1 aromatic rings. The lowest BCUT2D eigenvalue weighted by atomic mass is 10.1. The van der Waals surface area contributed by atoms with Gasteiger partial charge < -0.3 is 11.1 Å². The zero-order valence-electron chi connectivity index (χ0n) is 9.37. The van der Waals surface area contributed by atoms with Crippen LogP contribution in [0.2, 0.25) is 0 Å². The third-order valence-electron chi connectivity index (χ3n) is 2.36. The lowest BCUT2D eigenvalue weighted by molar-refractivity contribution is -0.121. The van der Waals surface area contributed by atoms with Crippen molar-refractivity contribution in [3.63, 3.8) is 0 Å². The van der Waals surface area contributed by atoms with Crippen LogP contribution < -0.4 is 11.1 Å². The Morgan fingerprint density at radius 3 is 2.81 bits per heavy atom. The summed E-state index contributed by atoms with van der Waals surface area (Å²) in [5, 5.41) is 2.95. The topological polar surface area (TPSA) is 55.1 Å². The van der Waals surface area contributed by atoms with E-state index < -0.39 is 0 Å². The van der Waals surface area contributed by atoms with Crippen molar-refractivity contribution in [2.24, 2.45) is 5.73 Å². The number of rotatable bonds is 5. The maximum Gasteiger partial charge on any atom is 0.220 e. The van der Waals surface area contributed by atoms with Gasteiger partial charge in [0.1, 0.15) is 0 Å². The van der Waals surface area contributed by atoms with E-state index in [2.05, 4.69) is 21.2 Å². The molecule has 3 nitrogen and oxygen atoms in total. The van der Waals surface area contributed by atoms with Crippen LogP contribution in [0.1, 0.15) is 31.4 Å². The smallest absolute Gasteiger partial charge is 0.220 e. The van der Waals surface area contributed by atoms with Crippen LogP contribution in [0.4, 0.5) is 0 Å². The molecule has 1 unspecified atom stereocenters. The second-order valence-corrected chi connectivity index (χ2v) is 4.56. The van der Waals surface area contributed by atoms with E-state index in [9.17, 15) is 4.79 Å². The first kappa shape index (κ1) is 13.2. The van der Waals surface area contributed by atoms with Crippen LogP contribution in [0.5, 0.6) is 0 Å². The lowest BCUT2D eigenvalue weighted by Gasteiger charge is -2.15. The number of amides is 1. The number of carbonyl (C=O) groups excluding carboxylic acids is 1. The number of nitrogens with two attached hydrogens (primary N) is 1. The molecule has 1 aromatic carbocycles. The molecule has 0 spiro atoms. The largest absolute Gasteiger partial charge is 0.350 e. The molecule has 0 aromatic heterocycles. The number of halogens is 1. The Hall–Kier alpha value is -0.870. The summed E-state index contributed by atoms with van der Waals surface area (Å²) in [4.78, 5) is 11.5. The van der Waals surface area contributed by atoms with Crippen LogP contribution in [-0.4, -0.2) is 12.5 Å². The average Bonchev–Trinajstić information content (AvgIpc) is 2.26. The highest BCUT2D eigenvalue weighted by Crippen LogP contribution is 2.22. The fourth-order valence-electron chi connectivity index (χ4n) is 1.48. The molecule has 1 atom stereocenters. The Bertz CT molecular complexity index is 355. The van der Waals surface area contributed by atoms with Gasteiger partial charge in [-0.15, -0.1) is 0 Å². The summed E-state index contributed by atoms with van der Waals surface area (Å²) in [6.45, 7) is 2.53. The standard InChI is InChI=1S/C12H17BrN2O/c1-9(15-12(16)7-4-8-14)10-5-2-3-6-11(10)13/h2-3,5-6,9H,4,7-8,14H2,1H3,(H,15,16). The van der Waals surface area contributed by atoms with Gasteiger partial charge in [-0.3, -0.25) is 4.79 Å². The molecule has 3 N–H and O–H groups in total. The quantitative estimate of drug-likeness (QED) is 0.872. The molecule has 0 saturated carbocycles. The minimum absolute atomic E-state index is 0.0147. The molecule has 16 heavy (non-hydrogen) atoms. The van der Waals surface area contributed by atoms with Gasteiger partial charge in [0.15, 0.2) is 0 Å². The maximum atomic E-state index is 11.5. The van der Waals surface area contributed by atoms with Crippen LogP contribution >= 0.6 is 15.9 Å². The number of hydrogen-bond acceptors (Lipinski definition) is 2. The average molecular weight is 285 g/mol. The number of hydrogen-bond donors (Lipinski definition) is 2. The Morgan fingerprint density at radius 2 is 2.19 bits per heavy atom. The van der Waals surface area contributed by atoms with Gasteiger partial charge in [-0.05, 0) is 31.5 Å². The molecule has 1 amide bonds. The first-order chi connectivity index (χ1) is 7.65. The van der Waals surface area contributed by atoms with E-state index in [-0.39, 0.29) is 11.9 Å². The van der Waals surface area contributed by atoms with Gasteiger partial charge in [-0.2, -0.15) is 0 Å². The third kappa shape index (κ3) is 3.94. The highest BCUT2D eigenvalue weighted by molar-refractivity contribution is 9.10. The predicted molar refractivity (Wildman–Crippen MR) is 69.0 cm³/mol. The molecule has 88 valence electrons. The lowest BCUT2D eigenvalue weighted by Crippen LogP contribution is -2.27. The normalized spacial score (nSPS) is 12.2. The monoisotopic (exact) mass is 284 g/mol. The molecule has 0 radical (unpaired) electrons. The van der Waals surface area contributed by atoms with Crippen LogP contribution in [0.3, 0.4) is 0 Å². The summed E-state index contributed by atoms with van der Waals surface area (Å²) in [5.74, 6) is 0.0497. The van der Waals surface area contributed by atoms with Gasteiger partial charge in [-0.25, -0.2) is 0 Å². The first-order valence-corrected chi connectivity index (χ1v) is 6.18. The van der Waals surface area contributed by atoms with Crippen LogP contribution in [0.15, 0.2) is 28.7 Å². The van der Waals surface area contributed by atoms with E-state index in [0.717, 1.165) is 16.5 Å². The van der Waals surface area contributed by atoms with E-state index in [0.29, 0.717) is 13.0 Å². The van der Waals surface area contributed by atoms with Gasteiger partial charge in [0.2, 0.25) is 5.91 Å². The van der Waals surface area contributed by atoms with E-state index >= 15 is 0 Å². The molecule has 0 aliphatic heterocycles. The third-order valence-corrected chi connectivity index (χ3v) is 3.08. The minimum atomic E-state index is 0.0147. The summed E-state index contributed by atoms with van der Waals surface area (Å²) in [5.41, 5.74) is 6.44. The Kier molecular flexibility index (Phi) is 5.49. The van der Waals surface area contributed by atoms with Crippen molar-refractivity contribution in [2.45, 2.75) is 25.8 Å². The zero-order chi connectivity index (χ0) is 12.0. The second-order valence-electron chi connectivity index (χ2n) is 3.70. The molecule has 0 saturated heterocycles. The maximum absolute atomic E-state index is 11.5. The number of carbonyl (C=O) groups is 1. The van der Waals surface area contributed by atoms with Crippen molar-refractivity contribution >= 4 is 21.8 Å². The fourth-order valence-corrected chi connectivity index (χ4v) is 2.11. The minimum Gasteiger partial charge on any atom is -0.350 e. The first-order valence-electron chi connectivity index (χ1n) is 5.39. The molecule has 0 aliphatic rings. The highest BCUT2D eigenvalue weighted by atomic mass is 79.9. The molecule has 4 heteroatoms. The van der Waals surface area contributed by atoms with Gasteiger partial charge in [0.25, 0.3) is 0 Å². The van der Waals surface area contributed by atoms with Crippen molar-refractivity contribution in [3.05, 3.63) is 34.3 Å². The summed E-state index contributed by atoms with van der Waals surface area (Å²) in [6, 6.07) is 7.90. The van der Waals surface area contributed by atoms with E-state index in [4.69, 9.17) is 5.73 Å².